The number of aryl methyl sites for hydroxylation is 1. The van der Waals surface area contributed by atoms with Gasteiger partial charge in [-0.2, -0.15) is 0 Å². The number of aliphatic carboxylic acids is 1. The van der Waals surface area contributed by atoms with Crippen molar-refractivity contribution in [1.29, 1.82) is 0 Å². The fourth-order valence-corrected chi connectivity index (χ4v) is 10.9. The minimum absolute atomic E-state index is 0.0982. The molecule has 322 valence electrons. The zero-order chi connectivity index (χ0) is 41.7. The first-order chi connectivity index (χ1) is 26.8. The predicted octanol–water partition coefficient (Wildman–Crippen LogP) is 6.84. The Morgan fingerprint density at radius 2 is 1.70 bits per heavy atom. The Morgan fingerprint density at radius 3 is 2.35 bits per heavy atom. The molecule has 1 aromatic carbocycles. The predicted molar refractivity (Wildman–Crippen MR) is 211 cm³/mol. The molecule has 1 aromatic rings. The van der Waals surface area contributed by atoms with Gasteiger partial charge in [-0.25, -0.2) is 4.79 Å². The Hall–Kier alpha value is -2.36. The molecule has 5 aliphatic heterocycles. The van der Waals surface area contributed by atoms with Crippen LogP contribution in [-0.2, 0) is 38.0 Å². The van der Waals surface area contributed by atoms with Crippen LogP contribution in [0.2, 0.25) is 0 Å². The van der Waals surface area contributed by atoms with Gasteiger partial charge < -0.3 is 48.5 Å². The molecule has 5 aliphatic rings. The smallest absolute Gasteiger partial charge is 0.411 e. The highest BCUT2D eigenvalue weighted by molar-refractivity contribution is 5.84. The second-order valence-electron chi connectivity index (χ2n) is 18.7. The number of methoxy groups -OCH3 is 1. The molecular formula is C44H69NO12. The van der Waals surface area contributed by atoms with Crippen LogP contribution >= 0.6 is 0 Å². The molecule has 0 saturated carbocycles. The lowest BCUT2D eigenvalue weighted by atomic mass is 9.78. The topological polar surface area (TPSA) is 171 Å². The number of amides is 1. The largest absolute Gasteiger partial charge is 0.481 e. The van der Waals surface area contributed by atoms with Crippen molar-refractivity contribution in [2.45, 2.75) is 179 Å². The minimum atomic E-state index is -1.67. The molecule has 1 spiro atoms. The number of hydrogen-bond acceptors (Lipinski definition) is 11. The highest BCUT2D eigenvalue weighted by Crippen LogP contribution is 2.55. The van der Waals surface area contributed by atoms with Crippen molar-refractivity contribution >= 4 is 17.7 Å². The maximum Gasteiger partial charge on any atom is 0.411 e. The molecule has 0 aliphatic carbocycles. The Bertz CT molecular complexity index is 1560. The van der Waals surface area contributed by atoms with Gasteiger partial charge in [0.05, 0.1) is 59.8 Å². The number of benzene rings is 1. The summed E-state index contributed by atoms with van der Waals surface area (Å²) in [6.07, 6.45) is 1.72. The Labute approximate surface area is 338 Å². The fraction of sp³-hybridized carbons (Fsp3) is 0.818. The first-order valence-electron chi connectivity index (χ1n) is 21.3. The Morgan fingerprint density at radius 1 is 1.00 bits per heavy atom. The molecule has 13 nitrogen and oxygen atoms in total. The standard InChI is InChI=1S/C44H69NO12/c1-11-42(17-16-34(54-42)41(9)18-19-43(57-41)22-32(46)28(6)37(55-43)29(7)36(51-10)30(8)39(47)48)38-26(4)21-33(53-38)35-25(3)20-27(5)44(50,56-35)23-52-40(49)45-31-14-12-24(2)13-15-31/h12-15,25-30,32-38,46,50H,11,16-23H2,1-10H3,(H,45,49)(H,47,48)/t25-,26-,27+,28+,29-,30+,32-,33+,34+,35-,36+,37-,38+,41-,42-,43+,44-/m0/s1. The van der Waals surface area contributed by atoms with E-state index in [9.17, 15) is 24.9 Å². The van der Waals surface area contributed by atoms with Gasteiger partial charge in [-0.05, 0) is 83.3 Å². The van der Waals surface area contributed by atoms with Crippen molar-refractivity contribution in [3.8, 4) is 0 Å². The zero-order valence-corrected chi connectivity index (χ0v) is 35.7. The molecule has 0 bridgehead atoms. The van der Waals surface area contributed by atoms with E-state index in [4.69, 9.17) is 33.2 Å². The minimum Gasteiger partial charge on any atom is -0.481 e. The van der Waals surface area contributed by atoms with Crippen molar-refractivity contribution in [2.75, 3.05) is 19.0 Å². The number of aliphatic hydroxyl groups is 2. The van der Waals surface area contributed by atoms with Gasteiger partial charge in [-0.3, -0.25) is 10.1 Å². The lowest BCUT2D eigenvalue weighted by molar-refractivity contribution is -0.336. The molecule has 17 atom stereocenters. The quantitative estimate of drug-likeness (QED) is 0.174. The normalized spacial score (nSPS) is 43.8. The number of carbonyl (C=O) groups is 2. The lowest BCUT2D eigenvalue weighted by Crippen LogP contribution is -2.57. The summed E-state index contributed by atoms with van der Waals surface area (Å²) < 4.78 is 45.6. The summed E-state index contributed by atoms with van der Waals surface area (Å²) in [5, 5.41) is 35.6. The number of aliphatic hydroxyl groups excluding tert-OH is 1. The summed E-state index contributed by atoms with van der Waals surface area (Å²) in [6.45, 7) is 17.6. The molecule has 57 heavy (non-hydrogen) atoms. The molecule has 5 fully saturated rings. The Balaban J connectivity index is 1.10. The molecule has 1 amide bonds. The number of nitrogens with one attached hydrogen (secondary N) is 1. The molecule has 5 heterocycles. The van der Waals surface area contributed by atoms with E-state index in [1.165, 1.54) is 7.11 Å². The second kappa shape index (κ2) is 17.0. The van der Waals surface area contributed by atoms with Crippen LogP contribution in [0, 0.1) is 42.4 Å². The average molecular weight is 804 g/mol. The Kier molecular flexibility index (Phi) is 13.1. The number of carboxylic acid groups (broad SMARTS) is 1. The summed E-state index contributed by atoms with van der Waals surface area (Å²) >= 11 is 0. The van der Waals surface area contributed by atoms with Crippen molar-refractivity contribution < 1.29 is 58.1 Å². The van der Waals surface area contributed by atoms with Crippen LogP contribution < -0.4 is 5.32 Å². The molecule has 0 radical (unpaired) electrons. The van der Waals surface area contributed by atoms with Gasteiger partial charge in [0.1, 0.15) is 6.61 Å². The number of carbonyl (C=O) groups excluding carboxylic acids is 1. The summed E-state index contributed by atoms with van der Waals surface area (Å²) in [7, 11) is 1.52. The molecule has 0 unspecified atom stereocenters. The van der Waals surface area contributed by atoms with E-state index in [-0.39, 0.29) is 54.5 Å². The van der Waals surface area contributed by atoms with E-state index in [1.54, 1.807) is 19.1 Å². The van der Waals surface area contributed by atoms with Gasteiger partial charge in [0.15, 0.2) is 5.79 Å². The van der Waals surface area contributed by atoms with Gasteiger partial charge in [0, 0.05) is 43.4 Å². The van der Waals surface area contributed by atoms with E-state index in [1.807, 2.05) is 39.8 Å². The van der Waals surface area contributed by atoms with Crippen LogP contribution in [0.3, 0.4) is 0 Å². The van der Waals surface area contributed by atoms with Crippen molar-refractivity contribution in [2.24, 2.45) is 35.5 Å². The molecular weight excluding hydrogens is 734 g/mol. The summed E-state index contributed by atoms with van der Waals surface area (Å²) in [5.41, 5.74) is 0.443. The number of carboxylic acids is 1. The third kappa shape index (κ3) is 8.78. The van der Waals surface area contributed by atoms with Crippen LogP contribution in [0.5, 0.6) is 0 Å². The van der Waals surface area contributed by atoms with Crippen LogP contribution in [0.1, 0.15) is 112 Å². The van der Waals surface area contributed by atoms with E-state index < -0.39 is 65.2 Å². The van der Waals surface area contributed by atoms with E-state index >= 15 is 0 Å². The fourth-order valence-electron chi connectivity index (χ4n) is 10.9. The van der Waals surface area contributed by atoms with Crippen LogP contribution in [0.25, 0.3) is 0 Å². The van der Waals surface area contributed by atoms with Crippen LogP contribution in [-0.4, -0.2) is 107 Å². The van der Waals surface area contributed by atoms with E-state index in [0.717, 1.165) is 31.2 Å². The van der Waals surface area contributed by atoms with Gasteiger partial charge in [0.2, 0.25) is 5.79 Å². The number of anilines is 1. The maximum absolute atomic E-state index is 12.7. The SMILES string of the molecule is CC[C@@]1([C@@H]2O[C@@H]([C@H]3O[C@@](O)(COC(=O)Nc4ccc(C)cc4)[C@H](C)C[C@@H]3C)C[C@@H]2C)CC[C@H]([C@]2(C)CC[C@]3(C[C@H](O)[C@@H](C)[C@@H]([C@@H](C)[C@@H](OC)[C@@H](C)C(=O)O)O3)O2)O1. The number of ether oxygens (including phenoxy) is 7. The van der Waals surface area contributed by atoms with Crippen molar-refractivity contribution in [3.05, 3.63) is 29.8 Å². The molecule has 6 rings (SSSR count). The zero-order valence-electron chi connectivity index (χ0n) is 35.7. The third-order valence-electron chi connectivity index (χ3n) is 14.5. The highest BCUT2D eigenvalue weighted by atomic mass is 16.7. The maximum atomic E-state index is 12.7. The third-order valence-corrected chi connectivity index (χ3v) is 14.5. The monoisotopic (exact) mass is 803 g/mol. The first-order valence-corrected chi connectivity index (χ1v) is 21.3. The van der Waals surface area contributed by atoms with Gasteiger partial charge in [0.25, 0.3) is 0 Å². The van der Waals surface area contributed by atoms with Crippen LogP contribution in [0.4, 0.5) is 10.5 Å². The lowest BCUT2D eigenvalue weighted by Gasteiger charge is -2.49. The van der Waals surface area contributed by atoms with Gasteiger partial charge in [-0.15, -0.1) is 0 Å². The summed E-state index contributed by atoms with van der Waals surface area (Å²) in [5.74, 6) is -4.96. The van der Waals surface area contributed by atoms with Crippen molar-refractivity contribution in [1.82, 2.24) is 0 Å². The van der Waals surface area contributed by atoms with Gasteiger partial charge >= 0.3 is 12.1 Å². The molecule has 4 N–H and O–H groups in total. The molecule has 0 aromatic heterocycles. The second-order valence-corrected chi connectivity index (χ2v) is 18.7. The first kappa shape index (κ1) is 44.2. The number of hydrogen-bond donors (Lipinski definition) is 4. The van der Waals surface area contributed by atoms with Gasteiger partial charge in [-0.1, -0.05) is 59.2 Å². The van der Waals surface area contributed by atoms with Crippen molar-refractivity contribution in [3.63, 3.8) is 0 Å². The molecule has 5 saturated heterocycles. The number of rotatable bonds is 12. The van der Waals surface area contributed by atoms with E-state index in [2.05, 4.69) is 33.0 Å². The molecule has 13 heteroatoms. The average Bonchev–Trinajstić information content (AvgIpc) is 3.88. The highest BCUT2D eigenvalue weighted by Gasteiger charge is 2.62. The summed E-state index contributed by atoms with van der Waals surface area (Å²) in [4.78, 5) is 24.6. The summed E-state index contributed by atoms with van der Waals surface area (Å²) in [6, 6.07) is 7.40. The van der Waals surface area contributed by atoms with Crippen LogP contribution in [0.15, 0.2) is 24.3 Å². The van der Waals surface area contributed by atoms with E-state index in [0.29, 0.717) is 31.4 Å².